The van der Waals surface area contributed by atoms with E-state index < -0.39 is 6.04 Å². The fourth-order valence-corrected chi connectivity index (χ4v) is 1.72. The van der Waals surface area contributed by atoms with Gasteiger partial charge in [-0.05, 0) is 6.92 Å². The molecule has 7 heteroatoms. The van der Waals surface area contributed by atoms with Crippen LogP contribution >= 0.6 is 12.2 Å². The molecule has 0 radical (unpaired) electrons. The van der Waals surface area contributed by atoms with Crippen LogP contribution in [-0.2, 0) is 9.53 Å². The van der Waals surface area contributed by atoms with Gasteiger partial charge in [0, 0.05) is 0 Å². The van der Waals surface area contributed by atoms with Crippen molar-refractivity contribution in [1.29, 1.82) is 0 Å². The van der Waals surface area contributed by atoms with Gasteiger partial charge in [0.25, 0.3) is 0 Å². The maximum atomic E-state index is 11.4. The number of carbonyl (C=O) groups excluding carboxylic acids is 1. The van der Waals surface area contributed by atoms with Gasteiger partial charge in [0.05, 0.1) is 19.8 Å². The second-order valence-electron chi connectivity index (χ2n) is 3.26. The number of methoxy groups -OCH3 is 1. The summed E-state index contributed by atoms with van der Waals surface area (Å²) in [5.74, 6) is -0.349. The van der Waals surface area contributed by atoms with Crippen LogP contribution in [0.15, 0.2) is 12.7 Å². The van der Waals surface area contributed by atoms with E-state index >= 15 is 0 Å². The maximum Gasteiger partial charge on any atom is 0.328 e. The number of H-pyrrole nitrogens is 1. The summed E-state index contributed by atoms with van der Waals surface area (Å²) in [4.78, 5) is 22.4. The second kappa shape index (κ2) is 4.01. The molecule has 1 N–H and O–H groups in total. The van der Waals surface area contributed by atoms with Crippen molar-refractivity contribution in [1.82, 2.24) is 19.5 Å². The standard InChI is InChI=1S/C9H10N4O2S/c1-5(9(14)15-2)13-4-12-7-6(13)8(16)11-3-10-7/h3-5H,1-2H3,(H,10,11,16). The molecule has 0 aromatic carbocycles. The van der Waals surface area contributed by atoms with Crippen molar-refractivity contribution in [3.05, 3.63) is 17.3 Å². The van der Waals surface area contributed by atoms with Crippen LogP contribution in [0.5, 0.6) is 0 Å². The molecule has 0 saturated heterocycles. The summed E-state index contributed by atoms with van der Waals surface area (Å²) >= 11 is 5.09. The topological polar surface area (TPSA) is 72.8 Å². The predicted octanol–water partition coefficient (Wildman–Crippen LogP) is 1.22. The Morgan fingerprint density at radius 3 is 3.06 bits per heavy atom. The summed E-state index contributed by atoms with van der Waals surface area (Å²) in [5.41, 5.74) is 1.24. The Morgan fingerprint density at radius 2 is 2.38 bits per heavy atom. The van der Waals surface area contributed by atoms with Crippen molar-refractivity contribution in [2.24, 2.45) is 0 Å². The molecule has 1 unspecified atom stereocenters. The van der Waals surface area contributed by atoms with Crippen LogP contribution in [0.3, 0.4) is 0 Å². The van der Waals surface area contributed by atoms with E-state index in [0.717, 1.165) is 0 Å². The van der Waals surface area contributed by atoms with Crippen LogP contribution in [0.4, 0.5) is 0 Å². The highest BCUT2D eigenvalue weighted by molar-refractivity contribution is 7.71. The van der Waals surface area contributed by atoms with Gasteiger partial charge in [0.2, 0.25) is 0 Å². The molecular weight excluding hydrogens is 228 g/mol. The number of hydrogen-bond donors (Lipinski definition) is 1. The van der Waals surface area contributed by atoms with E-state index in [1.165, 1.54) is 13.4 Å². The van der Waals surface area contributed by atoms with E-state index in [0.29, 0.717) is 15.8 Å². The first-order chi connectivity index (χ1) is 7.65. The molecule has 2 aromatic heterocycles. The van der Waals surface area contributed by atoms with E-state index in [-0.39, 0.29) is 5.97 Å². The fraction of sp³-hybridized carbons (Fsp3) is 0.333. The summed E-state index contributed by atoms with van der Waals surface area (Å²) in [6.45, 7) is 1.72. The molecule has 84 valence electrons. The molecule has 16 heavy (non-hydrogen) atoms. The number of aromatic nitrogens is 4. The van der Waals surface area contributed by atoms with Crippen molar-refractivity contribution >= 4 is 29.4 Å². The van der Waals surface area contributed by atoms with E-state index in [4.69, 9.17) is 12.2 Å². The summed E-state index contributed by atoms with van der Waals surface area (Å²) < 4.78 is 6.72. The lowest BCUT2D eigenvalue weighted by Gasteiger charge is -2.10. The van der Waals surface area contributed by atoms with Gasteiger partial charge >= 0.3 is 5.97 Å². The van der Waals surface area contributed by atoms with Crippen LogP contribution in [0.2, 0.25) is 0 Å². The summed E-state index contributed by atoms with van der Waals surface area (Å²) in [7, 11) is 1.34. The minimum absolute atomic E-state index is 0.349. The van der Waals surface area contributed by atoms with Gasteiger partial charge in [0.15, 0.2) is 10.3 Å². The molecular formula is C9H10N4O2S. The minimum atomic E-state index is -0.478. The van der Waals surface area contributed by atoms with Gasteiger partial charge in [-0.15, -0.1) is 0 Å². The number of hydrogen-bond acceptors (Lipinski definition) is 5. The van der Waals surface area contributed by atoms with E-state index in [1.54, 1.807) is 17.8 Å². The van der Waals surface area contributed by atoms with Crippen LogP contribution in [0.1, 0.15) is 13.0 Å². The zero-order chi connectivity index (χ0) is 11.7. The van der Waals surface area contributed by atoms with Gasteiger partial charge in [-0.1, -0.05) is 12.2 Å². The average Bonchev–Trinajstić information content (AvgIpc) is 2.72. The van der Waals surface area contributed by atoms with Gasteiger partial charge < -0.3 is 14.3 Å². The van der Waals surface area contributed by atoms with E-state index in [1.807, 2.05) is 0 Å². The van der Waals surface area contributed by atoms with Crippen LogP contribution in [0.25, 0.3) is 11.2 Å². The van der Waals surface area contributed by atoms with Gasteiger partial charge in [-0.3, -0.25) is 0 Å². The molecule has 0 aliphatic carbocycles. The third-order valence-electron chi connectivity index (χ3n) is 2.34. The first-order valence-corrected chi connectivity index (χ1v) is 5.04. The third-order valence-corrected chi connectivity index (χ3v) is 2.64. The summed E-state index contributed by atoms with van der Waals surface area (Å²) in [6, 6.07) is -0.478. The first kappa shape index (κ1) is 10.7. The Morgan fingerprint density at radius 1 is 1.62 bits per heavy atom. The smallest absolute Gasteiger partial charge is 0.328 e. The number of ether oxygens (including phenoxy) is 1. The highest BCUT2D eigenvalue weighted by Gasteiger charge is 2.18. The number of rotatable bonds is 2. The molecule has 2 heterocycles. The Kier molecular flexibility index (Phi) is 2.69. The van der Waals surface area contributed by atoms with Gasteiger partial charge in [-0.2, -0.15) is 0 Å². The number of imidazole rings is 1. The molecule has 0 saturated carbocycles. The van der Waals surface area contributed by atoms with E-state index in [2.05, 4.69) is 19.7 Å². The molecule has 6 nitrogen and oxygen atoms in total. The summed E-state index contributed by atoms with van der Waals surface area (Å²) in [6.07, 6.45) is 3.02. The SMILES string of the molecule is COC(=O)C(C)n1cnc2[nH]cnc(=S)c21. The molecule has 0 bridgehead atoms. The largest absolute Gasteiger partial charge is 0.467 e. The fourth-order valence-electron chi connectivity index (χ4n) is 1.47. The van der Waals surface area contributed by atoms with Gasteiger partial charge in [0.1, 0.15) is 11.6 Å². The third kappa shape index (κ3) is 1.58. The van der Waals surface area contributed by atoms with Crippen molar-refractivity contribution in [2.75, 3.05) is 7.11 Å². The van der Waals surface area contributed by atoms with Crippen LogP contribution in [-0.4, -0.2) is 32.6 Å². The Hall–Kier alpha value is -1.76. The van der Waals surface area contributed by atoms with Gasteiger partial charge in [-0.25, -0.2) is 14.8 Å². The normalized spacial score (nSPS) is 12.6. The van der Waals surface area contributed by atoms with Crippen molar-refractivity contribution in [2.45, 2.75) is 13.0 Å². The van der Waals surface area contributed by atoms with E-state index in [9.17, 15) is 4.79 Å². The quantitative estimate of drug-likeness (QED) is 0.629. The number of esters is 1. The molecule has 2 aromatic rings. The monoisotopic (exact) mass is 238 g/mol. The lowest BCUT2D eigenvalue weighted by Crippen LogP contribution is -2.17. The van der Waals surface area contributed by atoms with Crippen LogP contribution < -0.4 is 0 Å². The van der Waals surface area contributed by atoms with Crippen molar-refractivity contribution in [3.63, 3.8) is 0 Å². The summed E-state index contributed by atoms with van der Waals surface area (Å²) in [5, 5.41) is 0. The zero-order valence-corrected chi connectivity index (χ0v) is 9.61. The molecule has 0 aliphatic rings. The highest BCUT2D eigenvalue weighted by atomic mass is 32.1. The molecule has 0 amide bonds. The maximum absolute atomic E-state index is 11.4. The highest BCUT2D eigenvalue weighted by Crippen LogP contribution is 2.16. The lowest BCUT2D eigenvalue weighted by atomic mass is 10.3. The number of fused-ring (bicyclic) bond motifs is 1. The molecule has 0 aliphatic heterocycles. The predicted molar refractivity (Wildman–Crippen MR) is 59.4 cm³/mol. The zero-order valence-electron chi connectivity index (χ0n) is 8.80. The first-order valence-electron chi connectivity index (χ1n) is 4.63. The molecule has 0 spiro atoms. The second-order valence-corrected chi connectivity index (χ2v) is 3.64. The van der Waals surface area contributed by atoms with Crippen molar-refractivity contribution < 1.29 is 9.53 Å². The van der Waals surface area contributed by atoms with Crippen LogP contribution in [0, 0.1) is 4.64 Å². The Bertz CT molecular complexity index is 588. The Balaban J connectivity index is 2.62. The number of carbonyl (C=O) groups is 1. The number of aromatic amines is 1. The Labute approximate surface area is 96.3 Å². The number of nitrogens with one attached hydrogen (secondary N) is 1. The van der Waals surface area contributed by atoms with Crippen molar-refractivity contribution in [3.8, 4) is 0 Å². The average molecular weight is 238 g/mol. The lowest BCUT2D eigenvalue weighted by molar-refractivity contribution is -0.143. The number of nitrogens with zero attached hydrogens (tertiary/aromatic N) is 3. The molecule has 0 fully saturated rings. The molecule has 2 rings (SSSR count). The minimum Gasteiger partial charge on any atom is -0.467 e. The molecule has 1 atom stereocenters.